The van der Waals surface area contributed by atoms with Crippen LogP contribution in [0, 0.1) is 5.92 Å². The molecular formula is C7H14NO3P. The number of rotatable bonds is 0. The fourth-order valence-corrected chi connectivity index (χ4v) is 4.23. The second kappa shape index (κ2) is 2.81. The van der Waals surface area contributed by atoms with E-state index in [1.54, 1.807) is 0 Å². The van der Waals surface area contributed by atoms with Crippen LogP contribution in [-0.4, -0.2) is 23.2 Å². The topological polar surface area (TPSA) is 72.5 Å². The van der Waals surface area contributed by atoms with Crippen molar-refractivity contribution in [1.82, 2.24) is 0 Å². The maximum absolute atomic E-state index is 11.5. The van der Waals surface area contributed by atoms with Crippen LogP contribution in [0.25, 0.3) is 0 Å². The van der Waals surface area contributed by atoms with Gasteiger partial charge in [-0.25, -0.2) is 0 Å². The quantitative estimate of drug-likeness (QED) is 0.553. The van der Waals surface area contributed by atoms with Crippen LogP contribution in [-0.2, 0) is 9.09 Å². The van der Waals surface area contributed by atoms with Crippen molar-refractivity contribution in [3.8, 4) is 0 Å². The second-order valence-corrected chi connectivity index (χ2v) is 5.74. The summed E-state index contributed by atoms with van der Waals surface area (Å²) in [5.41, 5.74) is 5.60. The van der Waals surface area contributed by atoms with Gasteiger partial charge in [0.1, 0.15) is 0 Å². The van der Waals surface area contributed by atoms with Crippen LogP contribution in [0.5, 0.6) is 0 Å². The van der Waals surface area contributed by atoms with Crippen molar-refractivity contribution >= 4 is 7.60 Å². The third-order valence-corrected chi connectivity index (χ3v) is 4.95. The highest BCUT2D eigenvalue weighted by Crippen LogP contribution is 2.59. The van der Waals surface area contributed by atoms with Gasteiger partial charge in [0.15, 0.2) is 0 Å². The number of nitrogens with two attached hydrogens (primary N) is 1. The van der Waals surface area contributed by atoms with E-state index in [9.17, 15) is 9.46 Å². The molecule has 4 nitrogen and oxygen atoms in total. The summed E-state index contributed by atoms with van der Waals surface area (Å²) in [6, 6.07) is -0.0354. The normalized spacial score (nSPS) is 53.7. The number of hydrogen-bond donors (Lipinski definition) is 2. The Labute approximate surface area is 71.6 Å². The largest absolute Gasteiger partial charge is 0.331 e. The lowest BCUT2D eigenvalue weighted by molar-refractivity contribution is 0.172. The van der Waals surface area contributed by atoms with Crippen molar-refractivity contribution in [1.29, 1.82) is 0 Å². The molecule has 0 aromatic carbocycles. The van der Waals surface area contributed by atoms with Gasteiger partial charge in [-0.2, -0.15) is 0 Å². The maximum Gasteiger partial charge on any atom is 0.331 e. The first-order valence-corrected chi connectivity index (χ1v) is 5.98. The Morgan fingerprint density at radius 2 is 2.25 bits per heavy atom. The highest BCUT2D eigenvalue weighted by atomic mass is 31.2. The third kappa shape index (κ3) is 1.23. The van der Waals surface area contributed by atoms with Crippen molar-refractivity contribution in [3.63, 3.8) is 0 Å². The van der Waals surface area contributed by atoms with Gasteiger partial charge in [-0.15, -0.1) is 0 Å². The number of fused-ring (bicyclic) bond motifs is 1. The van der Waals surface area contributed by atoms with E-state index >= 15 is 0 Å². The summed E-state index contributed by atoms with van der Waals surface area (Å²) in [6.07, 6.45) is 2.79. The Kier molecular flexibility index (Phi) is 2.04. The summed E-state index contributed by atoms with van der Waals surface area (Å²) in [5, 5.41) is 0. The summed E-state index contributed by atoms with van der Waals surface area (Å²) in [4.78, 5) is 9.44. The van der Waals surface area contributed by atoms with Gasteiger partial charge in [0, 0.05) is 6.04 Å². The summed E-state index contributed by atoms with van der Waals surface area (Å²) in [7, 11) is -3.31. The van der Waals surface area contributed by atoms with Crippen LogP contribution in [0.15, 0.2) is 0 Å². The van der Waals surface area contributed by atoms with Gasteiger partial charge in [0.25, 0.3) is 0 Å². The summed E-state index contributed by atoms with van der Waals surface area (Å²) < 4.78 is 16.3. The molecule has 1 unspecified atom stereocenters. The fraction of sp³-hybridized carbons (Fsp3) is 1.00. The van der Waals surface area contributed by atoms with E-state index < -0.39 is 7.60 Å². The molecule has 1 aliphatic carbocycles. The Hall–Kier alpha value is 0.110. The van der Waals surface area contributed by atoms with Gasteiger partial charge in [-0.1, -0.05) is 6.42 Å². The van der Waals surface area contributed by atoms with Gasteiger partial charge < -0.3 is 15.2 Å². The predicted octanol–water partition coefficient (Wildman–Crippen LogP) is 0.698. The highest BCUT2D eigenvalue weighted by Gasteiger charge is 2.48. The molecule has 1 heterocycles. The highest BCUT2D eigenvalue weighted by molar-refractivity contribution is 7.53. The monoisotopic (exact) mass is 191 g/mol. The molecule has 1 saturated carbocycles. The first-order chi connectivity index (χ1) is 5.61. The van der Waals surface area contributed by atoms with Crippen LogP contribution >= 0.6 is 7.60 Å². The average molecular weight is 191 g/mol. The summed E-state index contributed by atoms with van der Waals surface area (Å²) in [5.74, 6) is 0.217. The molecule has 1 saturated heterocycles. The van der Waals surface area contributed by atoms with Crippen molar-refractivity contribution < 1.29 is 14.0 Å². The van der Waals surface area contributed by atoms with Crippen LogP contribution in [0.3, 0.4) is 0 Å². The molecule has 0 amide bonds. The molecule has 0 spiro atoms. The SMILES string of the molecule is N[C@@H]1COP(=O)(O)[C@@H]2CCC[C@H]12. The first-order valence-electron chi connectivity index (χ1n) is 4.34. The van der Waals surface area contributed by atoms with Crippen LogP contribution in [0.1, 0.15) is 19.3 Å². The Balaban J connectivity index is 2.22. The van der Waals surface area contributed by atoms with Gasteiger partial charge >= 0.3 is 7.60 Å². The minimum absolute atomic E-state index is 0.0354. The lowest BCUT2D eigenvalue weighted by Crippen LogP contribution is -2.42. The zero-order chi connectivity index (χ0) is 8.77. The summed E-state index contributed by atoms with van der Waals surface area (Å²) >= 11 is 0. The lowest BCUT2D eigenvalue weighted by Gasteiger charge is -2.34. The van der Waals surface area contributed by atoms with Gasteiger partial charge in [-0.3, -0.25) is 4.57 Å². The molecule has 4 atom stereocenters. The molecule has 3 N–H and O–H groups in total. The molecule has 5 heteroatoms. The summed E-state index contributed by atoms with van der Waals surface area (Å²) in [6.45, 7) is 0.245. The zero-order valence-electron chi connectivity index (χ0n) is 6.85. The smallest absolute Gasteiger partial charge is 0.325 e. The third-order valence-electron chi connectivity index (χ3n) is 2.95. The molecule has 0 radical (unpaired) electrons. The van der Waals surface area contributed by atoms with Crippen molar-refractivity contribution in [2.45, 2.75) is 31.0 Å². The Morgan fingerprint density at radius 1 is 1.50 bits per heavy atom. The standard InChI is InChI=1S/C7H14NO3P/c8-6-4-11-12(9,10)7-3-1-2-5(6)7/h5-7H,1-4,8H2,(H,9,10)/t5-,6-,7-/m1/s1. The second-order valence-electron chi connectivity index (χ2n) is 3.69. The van der Waals surface area contributed by atoms with E-state index in [4.69, 9.17) is 10.3 Å². The lowest BCUT2D eigenvalue weighted by atomic mass is 9.99. The predicted molar refractivity (Wildman–Crippen MR) is 44.9 cm³/mol. The maximum atomic E-state index is 11.5. The van der Waals surface area contributed by atoms with Crippen molar-refractivity contribution in [3.05, 3.63) is 0 Å². The van der Waals surface area contributed by atoms with E-state index in [0.29, 0.717) is 0 Å². The molecule has 0 aromatic heterocycles. The van der Waals surface area contributed by atoms with Gasteiger partial charge in [-0.05, 0) is 18.8 Å². The molecule has 2 rings (SSSR count). The molecule has 12 heavy (non-hydrogen) atoms. The Morgan fingerprint density at radius 3 is 2.92 bits per heavy atom. The first kappa shape index (κ1) is 8.70. The van der Waals surface area contributed by atoms with E-state index in [1.807, 2.05) is 0 Å². The minimum Gasteiger partial charge on any atom is -0.325 e. The molecule has 70 valence electrons. The zero-order valence-corrected chi connectivity index (χ0v) is 7.74. The number of hydrogen-bond acceptors (Lipinski definition) is 3. The van der Waals surface area contributed by atoms with E-state index in [1.165, 1.54) is 0 Å². The van der Waals surface area contributed by atoms with Crippen molar-refractivity contribution in [2.24, 2.45) is 11.7 Å². The minimum atomic E-state index is -3.31. The molecule has 0 aromatic rings. The Bertz CT molecular complexity index is 233. The molecule has 2 aliphatic rings. The van der Waals surface area contributed by atoms with Crippen molar-refractivity contribution in [2.75, 3.05) is 6.61 Å². The van der Waals surface area contributed by atoms with E-state index in [-0.39, 0.29) is 24.2 Å². The molecule has 1 aliphatic heterocycles. The molecular weight excluding hydrogens is 177 g/mol. The van der Waals surface area contributed by atoms with Gasteiger partial charge in [0.05, 0.1) is 12.3 Å². The average Bonchev–Trinajstić information content (AvgIpc) is 2.46. The molecule has 2 fully saturated rings. The van der Waals surface area contributed by atoms with E-state index in [2.05, 4.69) is 0 Å². The van der Waals surface area contributed by atoms with E-state index in [0.717, 1.165) is 19.3 Å². The van der Waals surface area contributed by atoms with Gasteiger partial charge in [0.2, 0.25) is 0 Å². The fourth-order valence-electron chi connectivity index (χ4n) is 2.29. The van der Waals surface area contributed by atoms with Crippen LogP contribution in [0.2, 0.25) is 0 Å². The van der Waals surface area contributed by atoms with Crippen LogP contribution in [0.4, 0.5) is 0 Å². The van der Waals surface area contributed by atoms with Crippen LogP contribution < -0.4 is 5.73 Å². The molecule has 0 bridgehead atoms.